The van der Waals surface area contributed by atoms with Gasteiger partial charge in [-0.05, 0) is 20.8 Å². The summed E-state index contributed by atoms with van der Waals surface area (Å²) >= 11 is 0. The number of carbonyl (C=O) groups excluding carboxylic acids is 2. The van der Waals surface area contributed by atoms with Crippen molar-refractivity contribution in [2.75, 3.05) is 20.2 Å². The van der Waals surface area contributed by atoms with Gasteiger partial charge in [0.1, 0.15) is 0 Å². The molecular weight excluding hydrogens is 196 g/mol. The Morgan fingerprint density at radius 2 is 1.87 bits per heavy atom. The van der Waals surface area contributed by atoms with Gasteiger partial charge in [-0.1, -0.05) is 0 Å². The predicted octanol–water partition coefficient (Wildman–Crippen LogP) is 0.989. The van der Waals surface area contributed by atoms with Gasteiger partial charge in [-0.15, -0.1) is 0 Å². The molecular formula is C10H20N2O3. The van der Waals surface area contributed by atoms with Crippen LogP contribution in [0.4, 0.5) is 4.79 Å². The normalized spacial score (nSPS) is 10.7. The Bertz CT molecular complexity index is 233. The lowest BCUT2D eigenvalue weighted by molar-refractivity contribution is -0.133. The monoisotopic (exact) mass is 216 g/mol. The summed E-state index contributed by atoms with van der Waals surface area (Å²) in [4.78, 5) is 23.8. The maximum absolute atomic E-state index is 11.3. The summed E-state index contributed by atoms with van der Waals surface area (Å²) in [6, 6.07) is 0. The van der Waals surface area contributed by atoms with E-state index in [1.165, 1.54) is 14.0 Å². The molecule has 0 saturated heterocycles. The van der Waals surface area contributed by atoms with Gasteiger partial charge in [-0.3, -0.25) is 4.79 Å². The van der Waals surface area contributed by atoms with Crippen LogP contribution in [0.3, 0.4) is 0 Å². The third-order valence-electron chi connectivity index (χ3n) is 1.98. The first kappa shape index (κ1) is 13.7. The Balaban J connectivity index is 4.10. The fourth-order valence-electron chi connectivity index (χ4n) is 1.31. The Kier molecular flexibility index (Phi) is 5.11. The summed E-state index contributed by atoms with van der Waals surface area (Å²) in [6.07, 6.45) is -0.479. The third kappa shape index (κ3) is 5.24. The standard InChI is InChI=1S/C10H20N2O3/c1-8(13)12(10(2,3)4)7-6-11-9(14)15-5/h6-7H2,1-5H3,(H,11,14). The summed E-state index contributed by atoms with van der Waals surface area (Å²) in [5.41, 5.74) is -0.233. The molecule has 0 aromatic heterocycles. The summed E-state index contributed by atoms with van der Waals surface area (Å²) in [5, 5.41) is 2.53. The Hall–Kier alpha value is -1.26. The van der Waals surface area contributed by atoms with E-state index in [1.54, 1.807) is 4.90 Å². The number of methoxy groups -OCH3 is 1. The van der Waals surface area contributed by atoms with Crippen molar-refractivity contribution in [2.24, 2.45) is 0 Å². The Labute approximate surface area is 90.8 Å². The van der Waals surface area contributed by atoms with Gasteiger partial charge in [0.15, 0.2) is 0 Å². The maximum Gasteiger partial charge on any atom is 0.406 e. The highest BCUT2D eigenvalue weighted by Gasteiger charge is 2.23. The smallest absolute Gasteiger partial charge is 0.406 e. The average Bonchev–Trinajstić information content (AvgIpc) is 2.09. The van der Waals surface area contributed by atoms with Crippen LogP contribution < -0.4 is 5.32 Å². The van der Waals surface area contributed by atoms with E-state index in [2.05, 4.69) is 10.1 Å². The minimum absolute atomic E-state index is 0.00540. The van der Waals surface area contributed by atoms with Gasteiger partial charge < -0.3 is 15.0 Å². The molecule has 15 heavy (non-hydrogen) atoms. The minimum atomic E-state index is -0.479. The van der Waals surface area contributed by atoms with E-state index in [0.29, 0.717) is 13.1 Å². The van der Waals surface area contributed by atoms with Crippen LogP contribution in [0.25, 0.3) is 0 Å². The minimum Gasteiger partial charge on any atom is -0.453 e. The summed E-state index contributed by atoms with van der Waals surface area (Å²) in [7, 11) is 1.31. The van der Waals surface area contributed by atoms with Crippen molar-refractivity contribution in [2.45, 2.75) is 33.2 Å². The zero-order chi connectivity index (χ0) is 12.1. The molecule has 0 spiro atoms. The summed E-state index contributed by atoms with van der Waals surface area (Å²) < 4.78 is 4.42. The maximum atomic E-state index is 11.3. The predicted molar refractivity (Wildman–Crippen MR) is 57.5 cm³/mol. The molecule has 0 radical (unpaired) electrons. The van der Waals surface area contributed by atoms with Crippen LogP contribution in [0.15, 0.2) is 0 Å². The van der Waals surface area contributed by atoms with Gasteiger partial charge >= 0.3 is 6.09 Å². The lowest BCUT2D eigenvalue weighted by Gasteiger charge is -2.34. The fourth-order valence-corrected chi connectivity index (χ4v) is 1.31. The van der Waals surface area contributed by atoms with Gasteiger partial charge in [-0.25, -0.2) is 4.79 Å². The first-order valence-corrected chi connectivity index (χ1v) is 4.89. The second-order valence-electron chi connectivity index (χ2n) is 4.26. The molecule has 0 unspecified atom stereocenters. The van der Waals surface area contributed by atoms with Crippen LogP contribution in [0.1, 0.15) is 27.7 Å². The van der Waals surface area contributed by atoms with Gasteiger partial charge in [-0.2, -0.15) is 0 Å². The van der Waals surface area contributed by atoms with Crippen molar-refractivity contribution >= 4 is 12.0 Å². The number of carbonyl (C=O) groups is 2. The van der Waals surface area contributed by atoms with Gasteiger partial charge in [0.05, 0.1) is 7.11 Å². The molecule has 88 valence electrons. The number of amides is 2. The van der Waals surface area contributed by atoms with Crippen LogP contribution in [0, 0.1) is 0 Å². The van der Waals surface area contributed by atoms with Gasteiger partial charge in [0.25, 0.3) is 0 Å². The molecule has 5 nitrogen and oxygen atoms in total. The molecule has 0 aliphatic rings. The molecule has 0 aliphatic heterocycles. The molecule has 0 saturated carbocycles. The highest BCUT2D eigenvalue weighted by atomic mass is 16.5. The average molecular weight is 216 g/mol. The molecule has 0 aromatic carbocycles. The lowest BCUT2D eigenvalue weighted by atomic mass is 10.1. The van der Waals surface area contributed by atoms with Crippen LogP contribution in [-0.2, 0) is 9.53 Å². The lowest BCUT2D eigenvalue weighted by Crippen LogP contribution is -2.48. The van der Waals surface area contributed by atoms with E-state index >= 15 is 0 Å². The third-order valence-corrected chi connectivity index (χ3v) is 1.98. The molecule has 1 N–H and O–H groups in total. The van der Waals surface area contributed by atoms with Gasteiger partial charge in [0, 0.05) is 25.6 Å². The van der Waals surface area contributed by atoms with E-state index in [9.17, 15) is 9.59 Å². The van der Waals surface area contributed by atoms with Crippen LogP contribution in [0.5, 0.6) is 0 Å². The fraction of sp³-hybridized carbons (Fsp3) is 0.800. The number of nitrogens with zero attached hydrogens (tertiary/aromatic N) is 1. The largest absolute Gasteiger partial charge is 0.453 e. The molecule has 2 amide bonds. The zero-order valence-electron chi connectivity index (χ0n) is 10.1. The van der Waals surface area contributed by atoms with Crippen LogP contribution >= 0.6 is 0 Å². The number of alkyl carbamates (subject to hydrolysis) is 1. The number of hydrogen-bond donors (Lipinski definition) is 1. The first-order chi connectivity index (χ1) is 6.79. The van der Waals surface area contributed by atoms with Crippen molar-refractivity contribution in [1.29, 1.82) is 0 Å². The van der Waals surface area contributed by atoms with E-state index in [4.69, 9.17) is 0 Å². The van der Waals surface area contributed by atoms with Crippen molar-refractivity contribution in [3.05, 3.63) is 0 Å². The molecule has 0 heterocycles. The van der Waals surface area contributed by atoms with E-state index < -0.39 is 6.09 Å². The molecule has 0 fully saturated rings. The zero-order valence-corrected chi connectivity index (χ0v) is 10.1. The number of rotatable bonds is 3. The highest BCUT2D eigenvalue weighted by Crippen LogP contribution is 2.12. The Morgan fingerprint density at radius 1 is 1.33 bits per heavy atom. The van der Waals surface area contributed by atoms with Gasteiger partial charge in [0.2, 0.25) is 5.91 Å². The SMILES string of the molecule is COC(=O)NCCN(C(C)=O)C(C)(C)C. The second-order valence-corrected chi connectivity index (χ2v) is 4.26. The quantitative estimate of drug-likeness (QED) is 0.765. The van der Waals surface area contributed by atoms with Crippen molar-refractivity contribution in [3.63, 3.8) is 0 Å². The topological polar surface area (TPSA) is 58.6 Å². The molecule has 0 atom stereocenters. The molecule has 0 bridgehead atoms. The molecule has 0 aromatic rings. The summed E-state index contributed by atoms with van der Waals surface area (Å²) in [6.45, 7) is 8.24. The van der Waals surface area contributed by atoms with Crippen molar-refractivity contribution in [1.82, 2.24) is 10.2 Å². The van der Waals surface area contributed by atoms with Crippen LogP contribution in [0.2, 0.25) is 0 Å². The second kappa shape index (κ2) is 5.58. The highest BCUT2D eigenvalue weighted by molar-refractivity contribution is 5.74. The molecule has 5 heteroatoms. The van der Waals surface area contributed by atoms with E-state index in [1.807, 2.05) is 20.8 Å². The molecule has 0 aliphatic carbocycles. The first-order valence-electron chi connectivity index (χ1n) is 4.89. The van der Waals surface area contributed by atoms with Crippen molar-refractivity contribution < 1.29 is 14.3 Å². The summed E-state index contributed by atoms with van der Waals surface area (Å²) in [5.74, 6) is -0.00540. The number of hydrogen-bond acceptors (Lipinski definition) is 3. The van der Waals surface area contributed by atoms with Crippen molar-refractivity contribution in [3.8, 4) is 0 Å². The van der Waals surface area contributed by atoms with E-state index in [-0.39, 0.29) is 11.4 Å². The number of ether oxygens (including phenoxy) is 1. The Morgan fingerprint density at radius 3 is 2.20 bits per heavy atom. The molecule has 0 rings (SSSR count). The van der Waals surface area contributed by atoms with Crippen LogP contribution in [-0.4, -0.2) is 42.6 Å². The number of nitrogens with one attached hydrogen (secondary N) is 1. The van der Waals surface area contributed by atoms with E-state index in [0.717, 1.165) is 0 Å².